The minimum Gasteiger partial charge on any atom is -0.508 e. The number of carbonyl (C=O) groups is 1. The molecule has 0 fully saturated rings. The predicted molar refractivity (Wildman–Crippen MR) is 76.2 cm³/mol. The fraction of sp³-hybridized carbons (Fsp3) is 0.438. The van der Waals surface area contributed by atoms with Crippen molar-refractivity contribution >= 4 is 11.4 Å². The number of phenolic OH excluding ortho intramolecular Hbond substituents is 1. The molecule has 0 amide bonds. The minimum atomic E-state index is -1.69. The number of ether oxygens (including phenoxy) is 1. The Morgan fingerprint density at radius 1 is 1.30 bits per heavy atom. The molecule has 2 N–H and O–H groups in total. The van der Waals surface area contributed by atoms with E-state index in [0.29, 0.717) is 11.1 Å². The summed E-state index contributed by atoms with van der Waals surface area (Å²) in [5.74, 6) is -0.143. The number of benzene rings is 1. The van der Waals surface area contributed by atoms with Crippen molar-refractivity contribution in [1.29, 1.82) is 0 Å². The van der Waals surface area contributed by atoms with Gasteiger partial charge in [0.25, 0.3) is 0 Å². The average molecular weight is 276 g/mol. The van der Waals surface area contributed by atoms with Gasteiger partial charge in [0.2, 0.25) is 5.78 Å². The molecule has 0 spiro atoms. The molecule has 1 aliphatic carbocycles. The molecule has 1 aromatic carbocycles. The highest BCUT2D eigenvalue weighted by molar-refractivity contribution is 6.10. The summed E-state index contributed by atoms with van der Waals surface area (Å²) in [5, 5.41) is 20.4. The van der Waals surface area contributed by atoms with E-state index in [9.17, 15) is 15.0 Å². The molecule has 2 rings (SSSR count). The van der Waals surface area contributed by atoms with Crippen molar-refractivity contribution in [2.24, 2.45) is 5.92 Å². The van der Waals surface area contributed by atoms with Gasteiger partial charge in [0, 0.05) is 11.1 Å². The number of ketones is 1. The number of aromatic hydroxyl groups is 1. The fourth-order valence-corrected chi connectivity index (χ4v) is 2.69. The zero-order valence-electron chi connectivity index (χ0n) is 12.4. The van der Waals surface area contributed by atoms with Crippen molar-refractivity contribution < 1.29 is 19.7 Å². The maximum Gasteiger partial charge on any atom is 0.233 e. The standard InChI is InChI=1S/C16H20O4/c1-8(2)13-10-6-9(3)12(17)7-11(10)16(4,19)15(18)14(13)20-5/h6-8,17,19H,1-5H3/t16-/m0/s1. The SMILES string of the molecule is COC1=C(C(C)C)c2cc(C)c(O)cc2[C@](C)(O)C1=O. The third kappa shape index (κ3) is 1.91. The van der Waals surface area contributed by atoms with Crippen LogP contribution in [0.15, 0.2) is 17.9 Å². The van der Waals surface area contributed by atoms with Crippen LogP contribution in [0.3, 0.4) is 0 Å². The van der Waals surface area contributed by atoms with E-state index >= 15 is 0 Å². The Bertz CT molecular complexity index is 609. The lowest BCUT2D eigenvalue weighted by Gasteiger charge is -2.33. The zero-order valence-corrected chi connectivity index (χ0v) is 12.4. The summed E-state index contributed by atoms with van der Waals surface area (Å²) >= 11 is 0. The highest BCUT2D eigenvalue weighted by atomic mass is 16.5. The number of aryl methyl sites for hydroxylation is 1. The second kappa shape index (κ2) is 4.63. The van der Waals surface area contributed by atoms with E-state index in [1.54, 1.807) is 13.0 Å². The number of Topliss-reactive ketones (excluding diaryl/α,β-unsaturated/α-hetero) is 1. The first-order valence-corrected chi connectivity index (χ1v) is 6.61. The molecule has 0 radical (unpaired) electrons. The normalized spacial score (nSPS) is 22.2. The molecule has 108 valence electrons. The molecular weight excluding hydrogens is 256 g/mol. The smallest absolute Gasteiger partial charge is 0.233 e. The second-order valence-electron chi connectivity index (χ2n) is 5.69. The largest absolute Gasteiger partial charge is 0.508 e. The molecule has 0 heterocycles. The van der Waals surface area contributed by atoms with Gasteiger partial charge < -0.3 is 14.9 Å². The Labute approximate surface area is 118 Å². The number of aliphatic hydroxyl groups is 1. The number of rotatable bonds is 2. The first kappa shape index (κ1) is 14.6. The first-order valence-electron chi connectivity index (χ1n) is 6.61. The maximum atomic E-state index is 12.4. The van der Waals surface area contributed by atoms with Crippen LogP contribution in [0, 0.1) is 12.8 Å². The molecule has 1 atom stereocenters. The van der Waals surface area contributed by atoms with Crippen LogP contribution in [0.5, 0.6) is 5.75 Å². The molecular formula is C16H20O4. The minimum absolute atomic E-state index is 0.0627. The van der Waals surface area contributed by atoms with E-state index in [1.807, 2.05) is 13.8 Å². The number of fused-ring (bicyclic) bond motifs is 1. The van der Waals surface area contributed by atoms with E-state index in [2.05, 4.69) is 0 Å². The van der Waals surface area contributed by atoms with Gasteiger partial charge in [-0.2, -0.15) is 0 Å². The van der Waals surface area contributed by atoms with Crippen LogP contribution in [0.2, 0.25) is 0 Å². The number of phenols is 1. The van der Waals surface area contributed by atoms with Crippen molar-refractivity contribution in [3.05, 3.63) is 34.6 Å². The quantitative estimate of drug-likeness (QED) is 0.871. The number of methoxy groups -OCH3 is 1. The van der Waals surface area contributed by atoms with Gasteiger partial charge in [-0.05, 0) is 43.0 Å². The predicted octanol–water partition coefficient (Wildman–Crippen LogP) is 2.50. The lowest BCUT2D eigenvalue weighted by molar-refractivity contribution is -0.136. The van der Waals surface area contributed by atoms with Gasteiger partial charge in [-0.25, -0.2) is 0 Å². The van der Waals surface area contributed by atoms with E-state index in [1.165, 1.54) is 20.1 Å². The average Bonchev–Trinajstić information content (AvgIpc) is 2.36. The molecule has 4 heteroatoms. The molecule has 0 saturated carbocycles. The van der Waals surface area contributed by atoms with E-state index in [0.717, 1.165) is 11.1 Å². The lowest BCUT2D eigenvalue weighted by Crippen LogP contribution is -2.39. The molecule has 0 saturated heterocycles. The van der Waals surface area contributed by atoms with E-state index in [4.69, 9.17) is 4.74 Å². The number of hydrogen-bond acceptors (Lipinski definition) is 4. The Morgan fingerprint density at radius 2 is 1.90 bits per heavy atom. The molecule has 1 aliphatic rings. The van der Waals surface area contributed by atoms with Gasteiger partial charge >= 0.3 is 0 Å². The van der Waals surface area contributed by atoms with Crippen molar-refractivity contribution in [1.82, 2.24) is 0 Å². The Kier molecular flexibility index (Phi) is 3.38. The Hall–Kier alpha value is -1.81. The van der Waals surface area contributed by atoms with Gasteiger partial charge in [0.15, 0.2) is 11.4 Å². The summed E-state index contributed by atoms with van der Waals surface area (Å²) in [4.78, 5) is 12.4. The molecule has 0 aromatic heterocycles. The number of carbonyl (C=O) groups excluding carboxylic acids is 1. The van der Waals surface area contributed by atoms with Crippen LogP contribution >= 0.6 is 0 Å². The van der Waals surface area contributed by atoms with Crippen LogP contribution < -0.4 is 0 Å². The van der Waals surface area contributed by atoms with E-state index < -0.39 is 11.4 Å². The van der Waals surface area contributed by atoms with E-state index in [-0.39, 0.29) is 17.4 Å². The van der Waals surface area contributed by atoms with Gasteiger partial charge in [0.1, 0.15) is 5.75 Å². The van der Waals surface area contributed by atoms with Crippen molar-refractivity contribution in [2.45, 2.75) is 33.3 Å². The zero-order chi connectivity index (χ0) is 15.2. The summed E-state index contributed by atoms with van der Waals surface area (Å²) in [6.45, 7) is 7.14. The maximum absolute atomic E-state index is 12.4. The topological polar surface area (TPSA) is 66.8 Å². The molecule has 0 aliphatic heterocycles. The van der Waals surface area contributed by atoms with Gasteiger partial charge in [-0.3, -0.25) is 4.79 Å². The van der Waals surface area contributed by atoms with Crippen LogP contribution in [0.25, 0.3) is 5.57 Å². The summed E-state index contributed by atoms with van der Waals surface area (Å²) in [7, 11) is 1.43. The van der Waals surface area contributed by atoms with Crippen LogP contribution in [0.4, 0.5) is 0 Å². The highest BCUT2D eigenvalue weighted by Crippen LogP contribution is 2.44. The summed E-state index contributed by atoms with van der Waals surface area (Å²) in [5.41, 5.74) is 0.959. The number of allylic oxidation sites excluding steroid dienone is 1. The van der Waals surface area contributed by atoms with Crippen molar-refractivity contribution in [3.63, 3.8) is 0 Å². The monoisotopic (exact) mass is 276 g/mol. The van der Waals surface area contributed by atoms with Gasteiger partial charge in [-0.15, -0.1) is 0 Å². The summed E-state index contributed by atoms with van der Waals surface area (Å²) < 4.78 is 5.25. The Morgan fingerprint density at radius 3 is 2.40 bits per heavy atom. The molecule has 4 nitrogen and oxygen atoms in total. The van der Waals surface area contributed by atoms with Gasteiger partial charge in [-0.1, -0.05) is 13.8 Å². The molecule has 20 heavy (non-hydrogen) atoms. The van der Waals surface area contributed by atoms with Crippen molar-refractivity contribution in [3.8, 4) is 5.75 Å². The summed E-state index contributed by atoms with van der Waals surface area (Å²) in [6, 6.07) is 3.26. The third-order valence-electron chi connectivity index (χ3n) is 3.83. The molecule has 1 aromatic rings. The Balaban J connectivity index is 2.88. The fourth-order valence-electron chi connectivity index (χ4n) is 2.69. The van der Waals surface area contributed by atoms with Crippen molar-refractivity contribution in [2.75, 3.05) is 7.11 Å². The van der Waals surface area contributed by atoms with Crippen LogP contribution in [-0.2, 0) is 15.1 Å². The number of hydrogen-bond donors (Lipinski definition) is 2. The first-order chi connectivity index (χ1) is 9.21. The lowest BCUT2D eigenvalue weighted by atomic mass is 9.75. The molecule has 0 bridgehead atoms. The van der Waals surface area contributed by atoms with Gasteiger partial charge in [0.05, 0.1) is 7.11 Å². The third-order valence-corrected chi connectivity index (χ3v) is 3.83. The highest BCUT2D eigenvalue weighted by Gasteiger charge is 2.44. The molecule has 0 unspecified atom stereocenters. The second-order valence-corrected chi connectivity index (χ2v) is 5.69. The summed E-state index contributed by atoms with van der Waals surface area (Å²) in [6.07, 6.45) is 0. The van der Waals surface area contributed by atoms with Crippen LogP contribution in [0.1, 0.15) is 37.5 Å². The van der Waals surface area contributed by atoms with Crippen LogP contribution in [-0.4, -0.2) is 23.1 Å².